The number of para-hydroxylation sites is 1. The van der Waals surface area contributed by atoms with Crippen LogP contribution < -0.4 is 16.0 Å². The monoisotopic (exact) mass is 387 g/mol. The van der Waals surface area contributed by atoms with Crippen LogP contribution in [0.5, 0.6) is 0 Å². The standard InChI is InChI=1S/C22H21N5O2/c1-14-11-12-23-22(24-14)25-16-6-4-5-15(13-16)21(29)27-18-8-3-2-7-17(18)19-9-10-20(28)26-19/h2-8,11-13,19H,9-10H2,1H3,(H,26,28)(H,27,29)(H,23,24,25). The predicted molar refractivity (Wildman–Crippen MR) is 111 cm³/mol. The van der Waals surface area contributed by atoms with Crippen LogP contribution >= 0.6 is 0 Å². The largest absolute Gasteiger partial charge is 0.349 e. The average Bonchev–Trinajstić information content (AvgIpc) is 3.15. The summed E-state index contributed by atoms with van der Waals surface area (Å²) in [5.74, 6) is 0.286. The van der Waals surface area contributed by atoms with Crippen molar-refractivity contribution in [2.75, 3.05) is 10.6 Å². The fourth-order valence-electron chi connectivity index (χ4n) is 3.33. The van der Waals surface area contributed by atoms with Crippen molar-refractivity contribution in [2.45, 2.75) is 25.8 Å². The molecular formula is C22H21N5O2. The summed E-state index contributed by atoms with van der Waals surface area (Å²) in [6.45, 7) is 1.89. The second-order valence-corrected chi connectivity index (χ2v) is 6.93. The number of carbonyl (C=O) groups is 2. The molecule has 1 aliphatic heterocycles. The number of benzene rings is 2. The van der Waals surface area contributed by atoms with Crippen LogP contribution in [0.2, 0.25) is 0 Å². The van der Waals surface area contributed by atoms with E-state index in [-0.39, 0.29) is 17.9 Å². The molecule has 0 saturated carbocycles. The van der Waals surface area contributed by atoms with Crippen LogP contribution in [0.4, 0.5) is 17.3 Å². The molecule has 2 amide bonds. The van der Waals surface area contributed by atoms with Gasteiger partial charge in [-0.2, -0.15) is 0 Å². The fourth-order valence-corrected chi connectivity index (χ4v) is 3.33. The number of carbonyl (C=O) groups excluding carboxylic acids is 2. The molecule has 1 fully saturated rings. The molecule has 1 saturated heterocycles. The summed E-state index contributed by atoms with van der Waals surface area (Å²) in [5, 5.41) is 9.04. The highest BCUT2D eigenvalue weighted by molar-refractivity contribution is 6.05. The van der Waals surface area contributed by atoms with Crippen LogP contribution in [0.1, 0.15) is 40.5 Å². The van der Waals surface area contributed by atoms with Gasteiger partial charge >= 0.3 is 0 Å². The molecule has 2 aromatic carbocycles. The Morgan fingerprint density at radius 1 is 1.14 bits per heavy atom. The lowest BCUT2D eigenvalue weighted by Crippen LogP contribution is -2.21. The zero-order valence-electron chi connectivity index (χ0n) is 16.0. The number of aryl methyl sites for hydroxylation is 1. The fraction of sp³-hybridized carbons (Fsp3) is 0.182. The molecular weight excluding hydrogens is 366 g/mol. The molecule has 146 valence electrons. The van der Waals surface area contributed by atoms with Crippen molar-refractivity contribution >= 4 is 29.1 Å². The number of rotatable bonds is 5. The number of nitrogens with one attached hydrogen (secondary N) is 3. The quantitative estimate of drug-likeness (QED) is 0.620. The SMILES string of the molecule is Cc1ccnc(Nc2cccc(C(=O)Nc3ccccc3C3CCC(=O)N3)c2)n1. The number of nitrogens with zero attached hydrogens (tertiary/aromatic N) is 2. The Balaban J connectivity index is 1.52. The number of amides is 2. The maximum absolute atomic E-state index is 12.8. The lowest BCUT2D eigenvalue weighted by molar-refractivity contribution is -0.119. The van der Waals surface area contributed by atoms with Gasteiger partial charge in [0.1, 0.15) is 0 Å². The van der Waals surface area contributed by atoms with Crippen molar-refractivity contribution in [3.8, 4) is 0 Å². The third kappa shape index (κ3) is 4.40. The van der Waals surface area contributed by atoms with E-state index in [2.05, 4.69) is 25.9 Å². The topological polar surface area (TPSA) is 96.0 Å². The van der Waals surface area contributed by atoms with Crippen molar-refractivity contribution in [1.29, 1.82) is 0 Å². The van der Waals surface area contributed by atoms with E-state index >= 15 is 0 Å². The molecule has 7 heteroatoms. The molecule has 4 rings (SSSR count). The van der Waals surface area contributed by atoms with Gasteiger partial charge in [-0.15, -0.1) is 0 Å². The zero-order chi connectivity index (χ0) is 20.2. The van der Waals surface area contributed by atoms with Gasteiger partial charge in [0, 0.05) is 35.2 Å². The van der Waals surface area contributed by atoms with Gasteiger partial charge in [0.05, 0.1) is 6.04 Å². The third-order valence-corrected chi connectivity index (χ3v) is 4.76. The highest BCUT2D eigenvalue weighted by atomic mass is 16.2. The van der Waals surface area contributed by atoms with Gasteiger partial charge in [-0.05, 0) is 49.2 Å². The molecule has 0 aliphatic carbocycles. The molecule has 1 aromatic heterocycles. The summed E-state index contributed by atoms with van der Waals surface area (Å²) in [5.41, 5.74) is 3.69. The van der Waals surface area contributed by atoms with E-state index in [4.69, 9.17) is 0 Å². The van der Waals surface area contributed by atoms with Crippen LogP contribution in [0.3, 0.4) is 0 Å². The summed E-state index contributed by atoms with van der Waals surface area (Å²) >= 11 is 0. The molecule has 29 heavy (non-hydrogen) atoms. The average molecular weight is 387 g/mol. The number of hydrogen-bond acceptors (Lipinski definition) is 5. The van der Waals surface area contributed by atoms with Gasteiger partial charge in [-0.3, -0.25) is 9.59 Å². The second kappa shape index (κ2) is 8.10. The van der Waals surface area contributed by atoms with Gasteiger partial charge in [-0.25, -0.2) is 9.97 Å². The maximum atomic E-state index is 12.8. The van der Waals surface area contributed by atoms with Crippen LogP contribution in [0, 0.1) is 6.92 Å². The number of hydrogen-bond donors (Lipinski definition) is 3. The van der Waals surface area contributed by atoms with E-state index in [1.165, 1.54) is 0 Å². The van der Waals surface area contributed by atoms with Crippen molar-refractivity contribution in [3.63, 3.8) is 0 Å². The van der Waals surface area contributed by atoms with E-state index in [1.54, 1.807) is 24.4 Å². The Hall–Kier alpha value is -3.74. The normalized spacial score (nSPS) is 15.6. The van der Waals surface area contributed by atoms with E-state index in [0.29, 0.717) is 23.6 Å². The third-order valence-electron chi connectivity index (χ3n) is 4.76. The van der Waals surface area contributed by atoms with Crippen LogP contribution in [-0.2, 0) is 4.79 Å². The van der Waals surface area contributed by atoms with Gasteiger partial charge in [-0.1, -0.05) is 24.3 Å². The van der Waals surface area contributed by atoms with Gasteiger partial charge in [0.2, 0.25) is 11.9 Å². The van der Waals surface area contributed by atoms with Crippen molar-refractivity contribution in [3.05, 3.63) is 77.6 Å². The summed E-state index contributed by atoms with van der Waals surface area (Å²) in [6.07, 6.45) is 2.91. The first-order valence-electron chi connectivity index (χ1n) is 9.45. The summed E-state index contributed by atoms with van der Waals surface area (Å²) in [7, 11) is 0. The lowest BCUT2D eigenvalue weighted by atomic mass is 10.0. The summed E-state index contributed by atoms with van der Waals surface area (Å²) < 4.78 is 0. The highest BCUT2D eigenvalue weighted by Crippen LogP contribution is 2.30. The summed E-state index contributed by atoms with van der Waals surface area (Å²) in [6, 6.07) is 16.4. The molecule has 1 atom stereocenters. The Labute approximate surface area is 168 Å². The molecule has 3 N–H and O–H groups in total. The van der Waals surface area contributed by atoms with Gasteiger partial charge in [0.25, 0.3) is 5.91 Å². The Bertz CT molecular complexity index is 1070. The predicted octanol–water partition coefficient (Wildman–Crippen LogP) is 3.73. The number of anilines is 3. The molecule has 3 aromatic rings. The molecule has 1 unspecified atom stereocenters. The Morgan fingerprint density at radius 2 is 2.00 bits per heavy atom. The van der Waals surface area contributed by atoms with E-state index in [1.807, 2.05) is 43.3 Å². The first-order chi connectivity index (χ1) is 14.1. The van der Waals surface area contributed by atoms with Crippen molar-refractivity contribution < 1.29 is 9.59 Å². The molecule has 2 heterocycles. The first-order valence-corrected chi connectivity index (χ1v) is 9.45. The molecule has 0 bridgehead atoms. The van der Waals surface area contributed by atoms with Crippen molar-refractivity contribution in [2.24, 2.45) is 0 Å². The molecule has 7 nitrogen and oxygen atoms in total. The summed E-state index contributed by atoms with van der Waals surface area (Å²) in [4.78, 5) is 32.9. The minimum absolute atomic E-state index is 0.0354. The van der Waals surface area contributed by atoms with E-state index < -0.39 is 0 Å². The molecule has 0 radical (unpaired) electrons. The maximum Gasteiger partial charge on any atom is 0.255 e. The Morgan fingerprint density at radius 3 is 2.79 bits per heavy atom. The second-order valence-electron chi connectivity index (χ2n) is 6.93. The van der Waals surface area contributed by atoms with Crippen LogP contribution in [0.15, 0.2) is 60.8 Å². The lowest BCUT2D eigenvalue weighted by Gasteiger charge is -2.16. The van der Waals surface area contributed by atoms with E-state index in [0.717, 1.165) is 23.4 Å². The highest BCUT2D eigenvalue weighted by Gasteiger charge is 2.24. The van der Waals surface area contributed by atoms with Crippen LogP contribution in [0.25, 0.3) is 0 Å². The first kappa shape index (κ1) is 18.6. The van der Waals surface area contributed by atoms with Crippen molar-refractivity contribution in [1.82, 2.24) is 15.3 Å². The minimum Gasteiger partial charge on any atom is -0.349 e. The number of aromatic nitrogens is 2. The molecule has 0 spiro atoms. The molecule has 1 aliphatic rings. The van der Waals surface area contributed by atoms with E-state index in [9.17, 15) is 9.59 Å². The minimum atomic E-state index is -0.226. The van der Waals surface area contributed by atoms with Gasteiger partial charge in [0.15, 0.2) is 0 Å². The zero-order valence-corrected chi connectivity index (χ0v) is 16.0. The Kier molecular flexibility index (Phi) is 5.20. The van der Waals surface area contributed by atoms with Crippen LogP contribution in [-0.4, -0.2) is 21.8 Å². The van der Waals surface area contributed by atoms with Gasteiger partial charge < -0.3 is 16.0 Å². The smallest absolute Gasteiger partial charge is 0.255 e.